The highest BCUT2D eigenvalue weighted by atomic mass is 16.5. The molecule has 1 aromatic heterocycles. The van der Waals surface area contributed by atoms with Gasteiger partial charge in [0.2, 0.25) is 0 Å². The van der Waals surface area contributed by atoms with Crippen molar-refractivity contribution in [2.75, 3.05) is 26.8 Å². The number of unbranched alkanes of at least 4 members (excludes halogenated alkanes) is 1. The largest absolute Gasteiger partial charge is 0.378 e. The van der Waals surface area contributed by atoms with Gasteiger partial charge in [-0.05, 0) is 32.1 Å². The van der Waals surface area contributed by atoms with E-state index in [9.17, 15) is 0 Å². The molecule has 5 nitrogen and oxygen atoms in total. The number of rotatable bonds is 6. The predicted molar refractivity (Wildman–Crippen MR) is 90.4 cm³/mol. The van der Waals surface area contributed by atoms with Gasteiger partial charge in [0.15, 0.2) is 0 Å². The standard InChI is InChI=1S/C18H31N3O2/c1-3-4-7-17-19-13-15(20-17)14-21-10-8-18(9-11-21)16(22-2)6-5-12-23-18/h13,16H,3-12,14H2,1-2H3,(H,19,20)/t16-/m0/s1. The van der Waals surface area contributed by atoms with Gasteiger partial charge in [0.05, 0.1) is 11.7 Å². The Morgan fingerprint density at radius 2 is 2.26 bits per heavy atom. The molecule has 3 rings (SSSR count). The van der Waals surface area contributed by atoms with E-state index < -0.39 is 0 Å². The van der Waals surface area contributed by atoms with Crippen LogP contribution in [0.15, 0.2) is 6.20 Å². The Morgan fingerprint density at radius 1 is 1.43 bits per heavy atom. The van der Waals surface area contributed by atoms with Crippen molar-refractivity contribution in [1.29, 1.82) is 0 Å². The van der Waals surface area contributed by atoms with E-state index in [0.717, 1.165) is 64.2 Å². The van der Waals surface area contributed by atoms with Crippen LogP contribution in [0.4, 0.5) is 0 Å². The van der Waals surface area contributed by atoms with Gasteiger partial charge in [0.1, 0.15) is 5.82 Å². The predicted octanol–water partition coefficient (Wildman–Crippen LogP) is 2.91. The highest BCUT2D eigenvalue weighted by molar-refractivity contribution is 5.03. The quantitative estimate of drug-likeness (QED) is 0.875. The molecule has 1 aromatic rings. The maximum atomic E-state index is 6.19. The zero-order chi connectivity index (χ0) is 16.1. The Kier molecular flexibility index (Phi) is 5.72. The highest BCUT2D eigenvalue weighted by Gasteiger charge is 2.44. The summed E-state index contributed by atoms with van der Waals surface area (Å²) in [5.41, 5.74) is 1.20. The van der Waals surface area contributed by atoms with Crippen LogP contribution >= 0.6 is 0 Å². The van der Waals surface area contributed by atoms with E-state index in [2.05, 4.69) is 21.8 Å². The summed E-state index contributed by atoms with van der Waals surface area (Å²) in [6.45, 7) is 6.22. The highest BCUT2D eigenvalue weighted by Crippen LogP contribution is 2.37. The van der Waals surface area contributed by atoms with Crippen LogP contribution in [-0.2, 0) is 22.4 Å². The molecule has 1 N–H and O–H groups in total. The zero-order valence-electron chi connectivity index (χ0n) is 14.6. The number of hydrogen-bond acceptors (Lipinski definition) is 4. The molecular weight excluding hydrogens is 290 g/mol. The number of imidazole rings is 1. The number of nitrogens with one attached hydrogen (secondary N) is 1. The van der Waals surface area contributed by atoms with E-state index in [-0.39, 0.29) is 11.7 Å². The molecule has 3 heterocycles. The lowest BCUT2D eigenvalue weighted by Gasteiger charge is -2.48. The smallest absolute Gasteiger partial charge is 0.106 e. The molecule has 0 aromatic carbocycles. The summed E-state index contributed by atoms with van der Waals surface area (Å²) in [5.74, 6) is 1.13. The molecule has 1 spiro atoms. The van der Waals surface area contributed by atoms with Gasteiger partial charge < -0.3 is 14.5 Å². The van der Waals surface area contributed by atoms with E-state index in [4.69, 9.17) is 9.47 Å². The Balaban J connectivity index is 1.51. The van der Waals surface area contributed by atoms with Gasteiger partial charge in [-0.15, -0.1) is 0 Å². The summed E-state index contributed by atoms with van der Waals surface area (Å²) < 4.78 is 11.9. The van der Waals surface area contributed by atoms with Crippen molar-refractivity contribution in [3.63, 3.8) is 0 Å². The summed E-state index contributed by atoms with van der Waals surface area (Å²) in [6.07, 6.45) is 10.2. The van der Waals surface area contributed by atoms with Crippen molar-refractivity contribution in [2.45, 2.75) is 70.1 Å². The van der Waals surface area contributed by atoms with E-state index in [0.29, 0.717) is 0 Å². The molecule has 1 atom stereocenters. The summed E-state index contributed by atoms with van der Waals surface area (Å²) in [5, 5.41) is 0. The summed E-state index contributed by atoms with van der Waals surface area (Å²) in [7, 11) is 1.83. The van der Waals surface area contributed by atoms with Crippen LogP contribution in [0.3, 0.4) is 0 Å². The van der Waals surface area contributed by atoms with E-state index in [1.165, 1.54) is 18.5 Å². The van der Waals surface area contributed by atoms with E-state index in [1.807, 2.05) is 13.3 Å². The molecule has 0 aliphatic carbocycles. The van der Waals surface area contributed by atoms with Gasteiger partial charge in [-0.1, -0.05) is 13.3 Å². The molecule has 130 valence electrons. The number of ether oxygens (including phenoxy) is 2. The summed E-state index contributed by atoms with van der Waals surface area (Å²) in [4.78, 5) is 10.5. The van der Waals surface area contributed by atoms with Crippen LogP contribution in [0.2, 0.25) is 0 Å². The number of aromatic amines is 1. The number of nitrogens with zero attached hydrogens (tertiary/aromatic N) is 2. The van der Waals surface area contributed by atoms with Gasteiger partial charge in [-0.3, -0.25) is 4.90 Å². The molecular formula is C18H31N3O2. The van der Waals surface area contributed by atoms with Crippen LogP contribution in [0, 0.1) is 0 Å². The van der Waals surface area contributed by atoms with Crippen LogP contribution in [0.5, 0.6) is 0 Å². The fourth-order valence-electron chi connectivity index (χ4n) is 3.99. The minimum atomic E-state index is -0.0379. The Labute approximate surface area is 139 Å². The Morgan fingerprint density at radius 3 is 3.00 bits per heavy atom. The molecule has 0 radical (unpaired) electrons. The number of hydrogen-bond donors (Lipinski definition) is 1. The minimum Gasteiger partial charge on any atom is -0.378 e. The van der Waals surface area contributed by atoms with Gasteiger partial charge in [-0.25, -0.2) is 4.98 Å². The third-order valence-corrected chi connectivity index (χ3v) is 5.42. The minimum absolute atomic E-state index is 0.0379. The van der Waals surface area contributed by atoms with E-state index in [1.54, 1.807) is 0 Å². The van der Waals surface area contributed by atoms with Gasteiger partial charge >= 0.3 is 0 Å². The second kappa shape index (κ2) is 7.77. The van der Waals surface area contributed by atoms with Gasteiger partial charge in [0.25, 0.3) is 0 Å². The van der Waals surface area contributed by atoms with Crippen molar-refractivity contribution < 1.29 is 9.47 Å². The first kappa shape index (κ1) is 16.9. The molecule has 2 aliphatic heterocycles. The summed E-state index contributed by atoms with van der Waals surface area (Å²) >= 11 is 0. The van der Waals surface area contributed by atoms with Crippen molar-refractivity contribution in [2.24, 2.45) is 0 Å². The SMILES string of the molecule is CCCCc1ncc(CN2CCC3(CC2)OCCC[C@@H]3OC)[nH]1. The molecule has 5 heteroatoms. The third kappa shape index (κ3) is 3.95. The van der Waals surface area contributed by atoms with Crippen molar-refractivity contribution in [3.8, 4) is 0 Å². The van der Waals surface area contributed by atoms with Crippen molar-refractivity contribution in [3.05, 3.63) is 17.7 Å². The second-order valence-corrected chi connectivity index (χ2v) is 7.01. The number of H-pyrrole nitrogens is 1. The number of piperidine rings is 1. The molecule has 0 bridgehead atoms. The fourth-order valence-corrected chi connectivity index (χ4v) is 3.99. The lowest BCUT2D eigenvalue weighted by molar-refractivity contribution is -0.186. The number of aryl methyl sites for hydroxylation is 1. The van der Waals surface area contributed by atoms with Crippen LogP contribution in [0.1, 0.15) is 57.0 Å². The van der Waals surface area contributed by atoms with Crippen LogP contribution in [0.25, 0.3) is 0 Å². The molecule has 2 aliphatic rings. The number of likely N-dealkylation sites (tertiary alicyclic amines) is 1. The normalized spacial score (nSPS) is 25.0. The first-order valence-corrected chi connectivity index (χ1v) is 9.17. The van der Waals surface area contributed by atoms with Crippen molar-refractivity contribution >= 4 is 0 Å². The molecule has 2 saturated heterocycles. The fraction of sp³-hybridized carbons (Fsp3) is 0.833. The molecule has 0 amide bonds. The number of aromatic nitrogens is 2. The Hall–Kier alpha value is -0.910. The first-order valence-electron chi connectivity index (χ1n) is 9.17. The third-order valence-electron chi connectivity index (χ3n) is 5.42. The van der Waals surface area contributed by atoms with E-state index >= 15 is 0 Å². The molecule has 2 fully saturated rings. The zero-order valence-corrected chi connectivity index (χ0v) is 14.6. The summed E-state index contributed by atoms with van der Waals surface area (Å²) in [6, 6.07) is 0. The first-order chi connectivity index (χ1) is 11.3. The Bertz CT molecular complexity index is 480. The molecule has 0 unspecified atom stereocenters. The maximum Gasteiger partial charge on any atom is 0.106 e. The lowest BCUT2D eigenvalue weighted by Crippen LogP contribution is -2.55. The topological polar surface area (TPSA) is 50.4 Å². The second-order valence-electron chi connectivity index (χ2n) is 7.01. The molecule has 0 saturated carbocycles. The lowest BCUT2D eigenvalue weighted by atomic mass is 9.82. The monoisotopic (exact) mass is 321 g/mol. The average Bonchev–Trinajstić information content (AvgIpc) is 3.03. The van der Waals surface area contributed by atoms with Gasteiger partial charge in [0, 0.05) is 51.7 Å². The van der Waals surface area contributed by atoms with Crippen LogP contribution in [-0.4, -0.2) is 53.4 Å². The molecule has 23 heavy (non-hydrogen) atoms. The average molecular weight is 321 g/mol. The maximum absolute atomic E-state index is 6.19. The number of methoxy groups -OCH3 is 1. The van der Waals surface area contributed by atoms with Gasteiger partial charge in [-0.2, -0.15) is 0 Å². The van der Waals surface area contributed by atoms with Crippen molar-refractivity contribution in [1.82, 2.24) is 14.9 Å². The van der Waals surface area contributed by atoms with Crippen LogP contribution < -0.4 is 0 Å².